The van der Waals surface area contributed by atoms with Gasteiger partial charge in [-0.2, -0.15) is 0 Å². The number of thiophene rings is 1. The van der Waals surface area contributed by atoms with Crippen LogP contribution >= 0.6 is 11.3 Å². The molecule has 118 valence electrons. The van der Waals surface area contributed by atoms with E-state index in [9.17, 15) is 4.79 Å². The quantitative estimate of drug-likeness (QED) is 0.848. The molecule has 1 aliphatic rings. The molecule has 2 rings (SSSR count). The normalized spacial score (nSPS) is 26.2. The minimum Gasteiger partial charge on any atom is -0.477 e. The zero-order valence-corrected chi connectivity index (χ0v) is 14.0. The largest absolute Gasteiger partial charge is 0.477 e. The maximum absolute atomic E-state index is 10.9. The first-order valence-electron chi connectivity index (χ1n) is 7.63. The van der Waals surface area contributed by atoms with Gasteiger partial charge < -0.3 is 15.3 Å². The summed E-state index contributed by atoms with van der Waals surface area (Å²) in [5, 5.41) is 12.5. The molecule has 1 heterocycles. The second-order valence-electron chi connectivity index (χ2n) is 6.49. The van der Waals surface area contributed by atoms with Gasteiger partial charge in [0.2, 0.25) is 0 Å². The Kier molecular flexibility index (Phi) is 5.41. The number of rotatable bonds is 6. The predicted octanol–water partition coefficient (Wildman–Crippen LogP) is 3.05. The van der Waals surface area contributed by atoms with E-state index in [4.69, 9.17) is 5.11 Å². The molecule has 1 saturated carbocycles. The Hall–Kier alpha value is -0.910. The van der Waals surface area contributed by atoms with E-state index in [1.165, 1.54) is 37.0 Å². The van der Waals surface area contributed by atoms with Gasteiger partial charge in [-0.3, -0.25) is 0 Å². The second-order valence-corrected chi connectivity index (χ2v) is 7.66. The number of likely N-dealkylation sites (N-methyl/N-ethyl adjacent to an activating group) is 1. The molecular formula is C16H26N2O2S. The van der Waals surface area contributed by atoms with Gasteiger partial charge in [-0.15, -0.1) is 11.3 Å². The van der Waals surface area contributed by atoms with Crippen LogP contribution in [0, 0.1) is 5.92 Å². The minimum absolute atomic E-state index is 0.241. The molecule has 0 aromatic carbocycles. The summed E-state index contributed by atoms with van der Waals surface area (Å²) in [6.07, 6.45) is 5.10. The Bertz CT molecular complexity index is 486. The highest BCUT2D eigenvalue weighted by Gasteiger charge is 2.36. The summed E-state index contributed by atoms with van der Waals surface area (Å²) < 4.78 is 0. The summed E-state index contributed by atoms with van der Waals surface area (Å²) in [5.74, 6) is -0.0552. The predicted molar refractivity (Wildman–Crippen MR) is 87.0 cm³/mol. The zero-order chi connectivity index (χ0) is 15.5. The Morgan fingerprint density at radius 1 is 1.52 bits per heavy atom. The number of nitrogens with one attached hydrogen (secondary N) is 1. The van der Waals surface area contributed by atoms with Crippen molar-refractivity contribution < 1.29 is 9.90 Å². The molecule has 1 aromatic rings. The summed E-state index contributed by atoms with van der Waals surface area (Å²) in [6.45, 7) is 4.06. The van der Waals surface area contributed by atoms with Crippen LogP contribution in [0.25, 0.3) is 0 Å². The van der Waals surface area contributed by atoms with E-state index >= 15 is 0 Å². The molecule has 1 aromatic heterocycles. The van der Waals surface area contributed by atoms with Gasteiger partial charge in [-0.25, -0.2) is 4.79 Å². The van der Waals surface area contributed by atoms with Crippen LogP contribution < -0.4 is 5.32 Å². The number of carboxylic acid groups (broad SMARTS) is 1. The van der Waals surface area contributed by atoms with Gasteiger partial charge in [-0.05, 0) is 45.0 Å². The zero-order valence-electron chi connectivity index (χ0n) is 13.2. The van der Waals surface area contributed by atoms with Gasteiger partial charge in [0.15, 0.2) is 0 Å². The molecule has 0 amide bonds. The minimum atomic E-state index is -0.836. The Balaban J connectivity index is 1.91. The van der Waals surface area contributed by atoms with Gasteiger partial charge in [0.05, 0.1) is 0 Å². The number of hydrogen-bond acceptors (Lipinski definition) is 4. The van der Waals surface area contributed by atoms with E-state index in [-0.39, 0.29) is 5.54 Å². The van der Waals surface area contributed by atoms with Crippen molar-refractivity contribution in [1.82, 2.24) is 10.2 Å². The third-order valence-electron chi connectivity index (χ3n) is 4.64. The Morgan fingerprint density at radius 3 is 2.86 bits per heavy atom. The number of carbonyl (C=O) groups is 1. The van der Waals surface area contributed by atoms with Crippen LogP contribution in [0.1, 0.15) is 47.2 Å². The van der Waals surface area contributed by atoms with Crippen molar-refractivity contribution in [2.75, 3.05) is 20.6 Å². The van der Waals surface area contributed by atoms with Crippen molar-refractivity contribution in [3.63, 3.8) is 0 Å². The number of carboxylic acids is 1. The number of hydrogen-bond donors (Lipinski definition) is 2. The van der Waals surface area contributed by atoms with Crippen molar-refractivity contribution in [2.45, 2.75) is 44.7 Å². The fraction of sp³-hybridized carbons (Fsp3) is 0.688. The summed E-state index contributed by atoms with van der Waals surface area (Å²) in [6, 6.07) is 3.60. The summed E-state index contributed by atoms with van der Waals surface area (Å²) in [4.78, 5) is 14.8. The lowest BCUT2D eigenvalue weighted by Gasteiger charge is -2.45. The van der Waals surface area contributed by atoms with Crippen LogP contribution in [-0.4, -0.2) is 42.2 Å². The first-order chi connectivity index (χ1) is 9.93. The van der Waals surface area contributed by atoms with Crippen molar-refractivity contribution in [3.05, 3.63) is 21.9 Å². The average Bonchev–Trinajstić information content (AvgIpc) is 2.87. The maximum Gasteiger partial charge on any atom is 0.345 e. The fourth-order valence-electron chi connectivity index (χ4n) is 3.36. The van der Waals surface area contributed by atoms with E-state index in [1.54, 1.807) is 6.07 Å². The molecule has 0 spiro atoms. The van der Waals surface area contributed by atoms with Crippen molar-refractivity contribution in [2.24, 2.45) is 5.92 Å². The van der Waals surface area contributed by atoms with Gasteiger partial charge in [-0.1, -0.05) is 19.8 Å². The Morgan fingerprint density at radius 2 is 2.29 bits per heavy atom. The summed E-state index contributed by atoms with van der Waals surface area (Å²) >= 11 is 1.36. The van der Waals surface area contributed by atoms with Crippen LogP contribution in [0.4, 0.5) is 0 Å². The monoisotopic (exact) mass is 310 g/mol. The van der Waals surface area contributed by atoms with Gasteiger partial charge in [0.1, 0.15) is 4.88 Å². The molecular weight excluding hydrogens is 284 g/mol. The van der Waals surface area contributed by atoms with Gasteiger partial charge in [0, 0.05) is 23.5 Å². The lowest BCUT2D eigenvalue weighted by atomic mass is 9.75. The van der Waals surface area contributed by atoms with Crippen molar-refractivity contribution in [3.8, 4) is 0 Å². The van der Waals surface area contributed by atoms with Crippen molar-refractivity contribution in [1.29, 1.82) is 0 Å². The van der Waals surface area contributed by atoms with E-state index in [2.05, 4.69) is 31.2 Å². The molecule has 0 aliphatic heterocycles. The van der Waals surface area contributed by atoms with E-state index < -0.39 is 5.97 Å². The molecule has 2 atom stereocenters. The maximum atomic E-state index is 10.9. The number of aromatic carboxylic acids is 1. The SMILES string of the molecule is CC1CCCC(CNCc2ccc(C(=O)O)s2)(N(C)C)C1. The molecule has 5 heteroatoms. The van der Waals surface area contributed by atoms with Gasteiger partial charge >= 0.3 is 5.97 Å². The van der Waals surface area contributed by atoms with Crippen LogP contribution in [0.2, 0.25) is 0 Å². The van der Waals surface area contributed by atoms with E-state index in [1.807, 2.05) is 6.07 Å². The second kappa shape index (κ2) is 6.90. The highest BCUT2D eigenvalue weighted by Crippen LogP contribution is 2.35. The summed E-state index contributed by atoms with van der Waals surface area (Å²) in [5.41, 5.74) is 0.241. The topological polar surface area (TPSA) is 52.6 Å². The molecule has 0 saturated heterocycles. The highest BCUT2D eigenvalue weighted by atomic mass is 32.1. The van der Waals surface area contributed by atoms with Crippen LogP contribution in [0.15, 0.2) is 12.1 Å². The highest BCUT2D eigenvalue weighted by molar-refractivity contribution is 7.13. The molecule has 0 radical (unpaired) electrons. The van der Waals surface area contributed by atoms with E-state index in [0.29, 0.717) is 4.88 Å². The van der Waals surface area contributed by atoms with Crippen LogP contribution in [-0.2, 0) is 6.54 Å². The van der Waals surface area contributed by atoms with Crippen molar-refractivity contribution >= 4 is 17.3 Å². The molecule has 2 unspecified atom stereocenters. The smallest absolute Gasteiger partial charge is 0.345 e. The third-order valence-corrected chi connectivity index (χ3v) is 5.72. The lowest BCUT2D eigenvalue weighted by Crippen LogP contribution is -2.54. The molecule has 2 N–H and O–H groups in total. The standard InChI is InChI=1S/C16H26N2O2S/c1-12-5-4-8-16(9-12,18(2)3)11-17-10-13-6-7-14(21-13)15(19)20/h6-7,12,17H,4-5,8-11H2,1-3H3,(H,19,20). The third kappa shape index (κ3) is 4.05. The number of nitrogens with zero attached hydrogens (tertiary/aromatic N) is 1. The first-order valence-corrected chi connectivity index (χ1v) is 8.45. The molecule has 0 bridgehead atoms. The molecule has 1 fully saturated rings. The molecule has 1 aliphatic carbocycles. The van der Waals surface area contributed by atoms with E-state index in [0.717, 1.165) is 23.9 Å². The van der Waals surface area contributed by atoms with Gasteiger partial charge in [0.25, 0.3) is 0 Å². The molecule has 4 nitrogen and oxygen atoms in total. The lowest BCUT2D eigenvalue weighted by molar-refractivity contribution is 0.0702. The summed E-state index contributed by atoms with van der Waals surface area (Å²) in [7, 11) is 4.35. The Labute approximate surface area is 131 Å². The average molecular weight is 310 g/mol. The molecule has 21 heavy (non-hydrogen) atoms. The van der Waals surface area contributed by atoms with Crippen LogP contribution in [0.5, 0.6) is 0 Å². The van der Waals surface area contributed by atoms with Crippen LogP contribution in [0.3, 0.4) is 0 Å². The fourth-order valence-corrected chi connectivity index (χ4v) is 4.18. The first kappa shape index (κ1) is 16.5.